The van der Waals surface area contributed by atoms with E-state index in [1.54, 1.807) is 6.08 Å². The molecule has 0 aromatic heterocycles. The molecule has 1 heterocycles. The summed E-state index contributed by atoms with van der Waals surface area (Å²) >= 11 is 0. The van der Waals surface area contributed by atoms with E-state index >= 15 is 0 Å². The maximum atomic E-state index is 12.5. The second kappa shape index (κ2) is 4.38. The zero-order chi connectivity index (χ0) is 15.6. The molecule has 6 nitrogen and oxygen atoms in total. The number of allylic oxidation sites excluding steroid dienone is 1. The zero-order valence-electron chi connectivity index (χ0n) is 12.0. The van der Waals surface area contributed by atoms with Gasteiger partial charge in [0, 0.05) is 0 Å². The first kappa shape index (κ1) is 14.7. The first-order chi connectivity index (χ1) is 9.76. The van der Waals surface area contributed by atoms with E-state index in [2.05, 4.69) is 0 Å². The summed E-state index contributed by atoms with van der Waals surface area (Å²) in [7, 11) is 0. The molecular formula is C15H20O6. The van der Waals surface area contributed by atoms with E-state index in [0.29, 0.717) is 19.1 Å². The van der Waals surface area contributed by atoms with E-state index < -0.39 is 41.2 Å². The molecule has 6 heteroatoms. The van der Waals surface area contributed by atoms with Gasteiger partial charge in [-0.25, -0.2) is 0 Å². The van der Waals surface area contributed by atoms with Gasteiger partial charge in [0.25, 0.3) is 0 Å². The summed E-state index contributed by atoms with van der Waals surface area (Å²) in [6, 6.07) is 0. The van der Waals surface area contributed by atoms with E-state index in [4.69, 9.17) is 4.74 Å². The molecule has 21 heavy (non-hydrogen) atoms. The van der Waals surface area contributed by atoms with Gasteiger partial charge in [-0.05, 0) is 29.7 Å². The van der Waals surface area contributed by atoms with E-state index in [0.717, 1.165) is 0 Å². The lowest BCUT2D eigenvalue weighted by molar-refractivity contribution is -0.194. The summed E-state index contributed by atoms with van der Waals surface area (Å²) in [5, 5.41) is 30.8. The highest BCUT2D eigenvalue weighted by Crippen LogP contribution is 2.63. The van der Waals surface area contributed by atoms with Crippen molar-refractivity contribution in [2.45, 2.75) is 45.2 Å². The quantitative estimate of drug-likeness (QED) is 0.456. The molecule has 3 N–H and O–H groups in total. The maximum absolute atomic E-state index is 12.5. The molecule has 1 aliphatic heterocycles. The number of carbonyl (C=O) groups excluding carboxylic acids is 2. The lowest BCUT2D eigenvalue weighted by atomic mass is 9.47. The summed E-state index contributed by atoms with van der Waals surface area (Å²) in [6.07, 6.45) is -0.833. The number of aliphatic hydroxyl groups is 3. The Hall–Kier alpha value is -1.24. The third-order valence-corrected chi connectivity index (χ3v) is 5.57. The van der Waals surface area contributed by atoms with Crippen LogP contribution in [-0.4, -0.2) is 46.1 Å². The highest BCUT2D eigenvalue weighted by Gasteiger charge is 2.72. The van der Waals surface area contributed by atoms with Crippen LogP contribution in [0.4, 0.5) is 0 Å². The van der Waals surface area contributed by atoms with Crippen molar-refractivity contribution in [1.82, 2.24) is 0 Å². The van der Waals surface area contributed by atoms with E-state index in [1.165, 1.54) is 0 Å². The van der Waals surface area contributed by atoms with Gasteiger partial charge < -0.3 is 20.1 Å². The molecule has 0 aromatic rings. The molecule has 116 valence electrons. The van der Waals surface area contributed by atoms with Crippen molar-refractivity contribution < 1.29 is 29.6 Å². The Bertz CT molecular complexity index is 524. The number of rotatable bonds is 1. The maximum Gasteiger partial charge on any atom is 0.318 e. The number of hydrogen-bond acceptors (Lipinski definition) is 6. The van der Waals surface area contributed by atoms with Crippen LogP contribution in [0.15, 0.2) is 11.6 Å². The van der Waals surface area contributed by atoms with Crippen LogP contribution in [0.5, 0.6) is 0 Å². The fraction of sp³-hybridized carbons (Fsp3) is 0.733. The molecule has 0 amide bonds. The van der Waals surface area contributed by atoms with E-state index in [-0.39, 0.29) is 11.5 Å². The lowest BCUT2D eigenvalue weighted by Gasteiger charge is -2.56. The van der Waals surface area contributed by atoms with Crippen LogP contribution in [0.1, 0.15) is 26.7 Å². The number of aliphatic hydroxyl groups excluding tert-OH is 3. The minimum atomic E-state index is -1.47. The number of ether oxygens (including phenoxy) is 1. The smallest absolute Gasteiger partial charge is 0.318 e. The number of carbonyl (C=O) groups is 2. The summed E-state index contributed by atoms with van der Waals surface area (Å²) < 4.78 is 4.96. The number of hydrogen-bond donors (Lipinski definition) is 3. The molecule has 3 aliphatic rings. The topological polar surface area (TPSA) is 104 Å². The standard InChI is InChI=1S/C15H20O6/c1-14(2)5-8(17)11(18)15-9(14)4-3-7(6-16)10(15)12(19)21-13(15)20/h3,6,8-12,17-19H,4-5H2,1-2H3. The molecule has 0 bridgehead atoms. The number of esters is 1. The van der Waals surface area contributed by atoms with Gasteiger partial charge >= 0.3 is 5.97 Å². The Kier molecular flexibility index (Phi) is 3.06. The molecule has 6 atom stereocenters. The molecule has 1 spiro atoms. The van der Waals surface area contributed by atoms with Gasteiger partial charge in [0.15, 0.2) is 0 Å². The Morgan fingerprint density at radius 1 is 1.33 bits per heavy atom. The van der Waals surface area contributed by atoms with Crippen molar-refractivity contribution in [2.24, 2.45) is 22.7 Å². The summed E-state index contributed by atoms with van der Waals surface area (Å²) in [5.41, 5.74) is -1.62. The summed E-state index contributed by atoms with van der Waals surface area (Å²) in [6.45, 7) is 3.84. The van der Waals surface area contributed by atoms with Crippen LogP contribution in [0, 0.1) is 22.7 Å². The van der Waals surface area contributed by atoms with Gasteiger partial charge in [0.2, 0.25) is 6.29 Å². The average Bonchev–Trinajstić information content (AvgIpc) is 2.68. The van der Waals surface area contributed by atoms with Gasteiger partial charge in [0.05, 0.1) is 18.1 Å². The highest BCUT2D eigenvalue weighted by molar-refractivity contribution is 5.87. The molecule has 3 rings (SSSR count). The molecular weight excluding hydrogens is 276 g/mol. The van der Waals surface area contributed by atoms with Crippen LogP contribution in [0.25, 0.3) is 0 Å². The van der Waals surface area contributed by atoms with Crippen LogP contribution in [-0.2, 0) is 14.3 Å². The van der Waals surface area contributed by atoms with Crippen molar-refractivity contribution in [1.29, 1.82) is 0 Å². The van der Waals surface area contributed by atoms with Crippen molar-refractivity contribution in [2.75, 3.05) is 0 Å². The van der Waals surface area contributed by atoms with Crippen LogP contribution >= 0.6 is 0 Å². The first-order valence-corrected chi connectivity index (χ1v) is 7.17. The Balaban J connectivity index is 2.24. The van der Waals surface area contributed by atoms with Crippen molar-refractivity contribution in [3.05, 3.63) is 11.6 Å². The summed E-state index contributed by atoms with van der Waals surface area (Å²) in [4.78, 5) is 23.8. The molecule has 2 aliphatic carbocycles. The van der Waals surface area contributed by atoms with Crippen LogP contribution in [0.3, 0.4) is 0 Å². The Labute approximate surface area is 122 Å². The van der Waals surface area contributed by atoms with Crippen molar-refractivity contribution in [3.63, 3.8) is 0 Å². The van der Waals surface area contributed by atoms with Gasteiger partial charge in [-0.1, -0.05) is 19.9 Å². The van der Waals surface area contributed by atoms with Gasteiger partial charge in [0.1, 0.15) is 11.7 Å². The van der Waals surface area contributed by atoms with Crippen molar-refractivity contribution >= 4 is 12.3 Å². The molecule has 1 saturated carbocycles. The minimum absolute atomic E-state index is 0.258. The number of aldehydes is 1. The first-order valence-electron chi connectivity index (χ1n) is 7.17. The molecule has 2 fully saturated rings. The zero-order valence-corrected chi connectivity index (χ0v) is 12.0. The average molecular weight is 296 g/mol. The monoisotopic (exact) mass is 296 g/mol. The van der Waals surface area contributed by atoms with Crippen molar-refractivity contribution in [3.8, 4) is 0 Å². The van der Waals surface area contributed by atoms with E-state index in [9.17, 15) is 24.9 Å². The molecule has 0 radical (unpaired) electrons. The van der Waals surface area contributed by atoms with E-state index in [1.807, 2.05) is 13.8 Å². The fourth-order valence-electron chi connectivity index (χ4n) is 4.73. The Morgan fingerprint density at radius 3 is 2.62 bits per heavy atom. The second-order valence-electron chi connectivity index (χ2n) is 7.02. The normalized spacial score (nSPS) is 48.0. The number of cyclic esters (lactones) is 1. The van der Waals surface area contributed by atoms with Gasteiger partial charge in [-0.15, -0.1) is 0 Å². The van der Waals surface area contributed by atoms with Gasteiger partial charge in [-0.3, -0.25) is 9.59 Å². The summed E-state index contributed by atoms with van der Waals surface area (Å²) in [5.74, 6) is -1.95. The van der Waals surface area contributed by atoms with Gasteiger partial charge in [-0.2, -0.15) is 0 Å². The predicted octanol–water partition coefficient (Wildman–Crippen LogP) is -0.239. The molecule has 6 unspecified atom stereocenters. The minimum Gasteiger partial charge on any atom is -0.435 e. The molecule has 0 aromatic carbocycles. The van der Waals surface area contributed by atoms with Crippen LogP contribution in [0.2, 0.25) is 0 Å². The fourth-order valence-corrected chi connectivity index (χ4v) is 4.73. The largest absolute Gasteiger partial charge is 0.435 e. The third-order valence-electron chi connectivity index (χ3n) is 5.57. The molecule has 1 saturated heterocycles. The highest BCUT2D eigenvalue weighted by atomic mass is 16.6. The third kappa shape index (κ3) is 1.64. The second-order valence-corrected chi connectivity index (χ2v) is 7.02. The Morgan fingerprint density at radius 2 is 2.00 bits per heavy atom. The SMILES string of the molecule is CC1(C)CC(O)C(O)C23C(=O)OC(O)C2C(C=O)=CCC13. The van der Waals surface area contributed by atoms with Crippen LogP contribution < -0.4 is 0 Å². The lowest BCUT2D eigenvalue weighted by Crippen LogP contribution is -2.64. The predicted molar refractivity (Wildman–Crippen MR) is 70.7 cm³/mol.